The molecule has 0 unspecified atom stereocenters. The molecule has 0 aliphatic carbocycles. The standard InChI is InChI=1S/C22H30N2O2S/c1-15-7-8-21(18(4)13-15)23-9-11-24(12-10-23)27(25,26)22-19(5)16(2)14-17(3)20(22)6/h7-8,13-14H,9-12H2,1-6H3. The first-order chi connectivity index (χ1) is 12.6. The molecule has 3 rings (SSSR count). The molecule has 1 fully saturated rings. The third-order valence-corrected chi connectivity index (χ3v) is 8.00. The molecule has 1 aliphatic heterocycles. The first-order valence-electron chi connectivity index (χ1n) is 9.52. The van der Waals surface area contributed by atoms with Crippen LogP contribution in [0.1, 0.15) is 33.4 Å². The fourth-order valence-electron chi connectivity index (χ4n) is 4.03. The molecule has 0 amide bonds. The molecule has 0 spiro atoms. The minimum Gasteiger partial charge on any atom is -0.369 e. The van der Waals surface area contributed by atoms with Crippen LogP contribution in [0.25, 0.3) is 0 Å². The van der Waals surface area contributed by atoms with E-state index in [2.05, 4.69) is 43.0 Å². The van der Waals surface area contributed by atoms with Gasteiger partial charge in [0.05, 0.1) is 4.90 Å². The van der Waals surface area contributed by atoms with Crippen molar-refractivity contribution < 1.29 is 8.42 Å². The molecule has 1 aliphatic rings. The predicted octanol–water partition coefficient (Wildman–Crippen LogP) is 4.05. The van der Waals surface area contributed by atoms with Crippen LogP contribution in [0.15, 0.2) is 29.2 Å². The van der Waals surface area contributed by atoms with E-state index in [1.54, 1.807) is 4.31 Å². The Kier molecular flexibility index (Phi) is 5.37. The summed E-state index contributed by atoms with van der Waals surface area (Å²) in [6, 6.07) is 8.52. The first kappa shape index (κ1) is 19.9. The van der Waals surface area contributed by atoms with Crippen molar-refractivity contribution in [2.24, 2.45) is 0 Å². The Morgan fingerprint density at radius 2 is 1.30 bits per heavy atom. The predicted molar refractivity (Wildman–Crippen MR) is 112 cm³/mol. The number of hydrogen-bond donors (Lipinski definition) is 0. The van der Waals surface area contributed by atoms with Crippen molar-refractivity contribution in [3.63, 3.8) is 0 Å². The van der Waals surface area contributed by atoms with Gasteiger partial charge in [-0.3, -0.25) is 0 Å². The van der Waals surface area contributed by atoms with E-state index in [0.717, 1.165) is 22.3 Å². The monoisotopic (exact) mass is 386 g/mol. The van der Waals surface area contributed by atoms with Crippen molar-refractivity contribution in [3.8, 4) is 0 Å². The summed E-state index contributed by atoms with van der Waals surface area (Å²) < 4.78 is 28.4. The lowest BCUT2D eigenvalue weighted by Gasteiger charge is -2.36. The highest BCUT2D eigenvalue weighted by molar-refractivity contribution is 7.89. The summed E-state index contributed by atoms with van der Waals surface area (Å²) in [7, 11) is -3.48. The number of benzene rings is 2. The van der Waals surface area contributed by atoms with E-state index < -0.39 is 10.0 Å². The van der Waals surface area contributed by atoms with Crippen LogP contribution >= 0.6 is 0 Å². The van der Waals surface area contributed by atoms with Crippen LogP contribution in [0.5, 0.6) is 0 Å². The van der Waals surface area contributed by atoms with Gasteiger partial charge in [0.1, 0.15) is 0 Å². The van der Waals surface area contributed by atoms with E-state index in [4.69, 9.17) is 0 Å². The largest absolute Gasteiger partial charge is 0.369 e. The molecule has 27 heavy (non-hydrogen) atoms. The Morgan fingerprint density at radius 1 is 0.741 bits per heavy atom. The summed E-state index contributed by atoms with van der Waals surface area (Å²) >= 11 is 0. The molecule has 0 radical (unpaired) electrons. The van der Waals surface area contributed by atoms with Crippen LogP contribution in [0.2, 0.25) is 0 Å². The second-order valence-electron chi connectivity index (χ2n) is 7.77. The van der Waals surface area contributed by atoms with Crippen LogP contribution in [-0.2, 0) is 10.0 Å². The van der Waals surface area contributed by atoms with Crippen molar-refractivity contribution in [2.75, 3.05) is 31.1 Å². The number of aryl methyl sites for hydroxylation is 4. The van der Waals surface area contributed by atoms with Gasteiger partial charge in [-0.2, -0.15) is 4.31 Å². The van der Waals surface area contributed by atoms with Gasteiger partial charge in [0, 0.05) is 31.9 Å². The molecule has 5 heteroatoms. The van der Waals surface area contributed by atoms with Gasteiger partial charge in [0.2, 0.25) is 10.0 Å². The Morgan fingerprint density at radius 3 is 1.81 bits per heavy atom. The first-order valence-corrected chi connectivity index (χ1v) is 11.0. The number of nitrogens with zero attached hydrogens (tertiary/aromatic N) is 2. The lowest BCUT2D eigenvalue weighted by atomic mass is 10.0. The fraction of sp³-hybridized carbons (Fsp3) is 0.455. The van der Waals surface area contributed by atoms with Gasteiger partial charge < -0.3 is 4.90 Å². The van der Waals surface area contributed by atoms with E-state index in [9.17, 15) is 8.42 Å². The summed E-state index contributed by atoms with van der Waals surface area (Å²) in [6.45, 7) is 14.5. The van der Waals surface area contributed by atoms with Gasteiger partial charge in [-0.05, 0) is 75.4 Å². The van der Waals surface area contributed by atoms with E-state index in [-0.39, 0.29) is 0 Å². The van der Waals surface area contributed by atoms with Crippen LogP contribution in [-0.4, -0.2) is 38.9 Å². The van der Waals surface area contributed by atoms with Gasteiger partial charge in [-0.1, -0.05) is 23.8 Å². The van der Waals surface area contributed by atoms with Crippen LogP contribution in [0, 0.1) is 41.5 Å². The Hall–Kier alpha value is -1.85. The average molecular weight is 387 g/mol. The average Bonchev–Trinajstić information content (AvgIpc) is 2.60. The Balaban J connectivity index is 1.86. The second-order valence-corrected chi connectivity index (χ2v) is 9.65. The normalized spacial score (nSPS) is 16.0. The molecule has 1 heterocycles. The number of sulfonamides is 1. The molecule has 4 nitrogen and oxygen atoms in total. The van der Waals surface area contributed by atoms with Gasteiger partial charge in [0.25, 0.3) is 0 Å². The smallest absolute Gasteiger partial charge is 0.243 e. The van der Waals surface area contributed by atoms with Crippen molar-refractivity contribution >= 4 is 15.7 Å². The summed E-state index contributed by atoms with van der Waals surface area (Å²) in [4.78, 5) is 2.79. The van der Waals surface area contributed by atoms with Gasteiger partial charge in [-0.25, -0.2) is 8.42 Å². The number of hydrogen-bond acceptors (Lipinski definition) is 3. The lowest BCUT2D eigenvalue weighted by molar-refractivity contribution is 0.384. The summed E-state index contributed by atoms with van der Waals surface area (Å²) in [6.07, 6.45) is 0. The topological polar surface area (TPSA) is 40.6 Å². The molecular weight excluding hydrogens is 356 g/mol. The fourth-order valence-corrected chi connectivity index (χ4v) is 6.02. The molecule has 0 bridgehead atoms. The van der Waals surface area contributed by atoms with E-state index in [1.807, 2.05) is 27.7 Å². The molecule has 0 saturated carbocycles. The number of anilines is 1. The van der Waals surface area contributed by atoms with Crippen molar-refractivity contribution in [2.45, 2.75) is 46.4 Å². The minimum atomic E-state index is -3.48. The molecule has 2 aromatic carbocycles. The zero-order chi connectivity index (χ0) is 19.9. The number of piperazine rings is 1. The van der Waals surface area contributed by atoms with Gasteiger partial charge in [-0.15, -0.1) is 0 Å². The highest BCUT2D eigenvalue weighted by Crippen LogP contribution is 2.30. The van der Waals surface area contributed by atoms with Crippen molar-refractivity contribution in [3.05, 3.63) is 57.6 Å². The minimum absolute atomic E-state index is 0.500. The van der Waals surface area contributed by atoms with Crippen LogP contribution in [0.3, 0.4) is 0 Å². The third-order valence-electron chi connectivity index (χ3n) is 5.83. The zero-order valence-corrected chi connectivity index (χ0v) is 18.1. The van der Waals surface area contributed by atoms with Crippen LogP contribution < -0.4 is 4.90 Å². The second kappa shape index (κ2) is 7.28. The maximum Gasteiger partial charge on any atom is 0.243 e. The third kappa shape index (κ3) is 3.63. The maximum atomic E-state index is 13.4. The highest BCUT2D eigenvalue weighted by Gasteiger charge is 2.32. The molecule has 146 valence electrons. The molecular formula is C22H30N2O2S. The molecule has 1 saturated heterocycles. The molecule has 0 aromatic heterocycles. The number of rotatable bonds is 3. The summed E-state index contributed by atoms with van der Waals surface area (Å²) in [5.74, 6) is 0. The van der Waals surface area contributed by atoms with E-state index in [1.165, 1.54) is 16.8 Å². The van der Waals surface area contributed by atoms with E-state index in [0.29, 0.717) is 31.1 Å². The molecule has 0 N–H and O–H groups in total. The van der Waals surface area contributed by atoms with E-state index >= 15 is 0 Å². The maximum absolute atomic E-state index is 13.4. The van der Waals surface area contributed by atoms with Crippen molar-refractivity contribution in [1.82, 2.24) is 4.31 Å². The Bertz CT molecular complexity index is 946. The molecule has 2 aromatic rings. The summed E-state index contributed by atoms with van der Waals surface area (Å²) in [5.41, 5.74) is 7.50. The quantitative estimate of drug-likeness (QED) is 0.799. The Labute approximate surface area is 163 Å². The zero-order valence-electron chi connectivity index (χ0n) is 17.3. The van der Waals surface area contributed by atoms with Gasteiger partial charge in [0.15, 0.2) is 0 Å². The summed E-state index contributed by atoms with van der Waals surface area (Å²) in [5, 5.41) is 0. The lowest BCUT2D eigenvalue weighted by Crippen LogP contribution is -2.49. The SMILES string of the molecule is Cc1ccc(N2CCN(S(=O)(=O)c3c(C)c(C)cc(C)c3C)CC2)c(C)c1. The molecule has 0 atom stereocenters. The van der Waals surface area contributed by atoms with Gasteiger partial charge >= 0.3 is 0 Å². The van der Waals surface area contributed by atoms with Crippen LogP contribution in [0.4, 0.5) is 5.69 Å². The van der Waals surface area contributed by atoms with Crippen molar-refractivity contribution in [1.29, 1.82) is 0 Å². The highest BCUT2D eigenvalue weighted by atomic mass is 32.2.